The van der Waals surface area contributed by atoms with E-state index in [0.29, 0.717) is 12.5 Å². The normalized spacial score (nSPS) is 12.8. The SMILES string of the molecule is CSCc1nc2ccccc2n1CC(=O)NC(C)C(C)C. The van der Waals surface area contributed by atoms with E-state index in [1.54, 1.807) is 11.8 Å². The molecule has 0 radical (unpaired) electrons. The number of carbonyl (C=O) groups is 1. The number of hydrogen-bond acceptors (Lipinski definition) is 3. The maximum atomic E-state index is 12.3. The van der Waals surface area contributed by atoms with Crippen molar-refractivity contribution < 1.29 is 4.79 Å². The fourth-order valence-electron chi connectivity index (χ4n) is 2.15. The van der Waals surface area contributed by atoms with Gasteiger partial charge < -0.3 is 9.88 Å². The van der Waals surface area contributed by atoms with Crippen molar-refractivity contribution in [1.29, 1.82) is 0 Å². The van der Waals surface area contributed by atoms with E-state index >= 15 is 0 Å². The van der Waals surface area contributed by atoms with Crippen molar-refractivity contribution in [2.75, 3.05) is 6.26 Å². The third-order valence-corrected chi connectivity index (χ3v) is 4.24. The molecule has 0 aliphatic carbocycles. The molecule has 0 saturated carbocycles. The van der Waals surface area contributed by atoms with Gasteiger partial charge in [-0.05, 0) is 31.2 Å². The Morgan fingerprint density at radius 2 is 2.05 bits per heavy atom. The zero-order chi connectivity index (χ0) is 15.4. The standard InChI is InChI=1S/C16H23N3OS/c1-11(2)12(3)17-16(20)9-19-14-8-6-5-7-13(14)18-15(19)10-21-4/h5-8,11-12H,9-10H2,1-4H3,(H,17,20). The predicted octanol–water partition coefficient (Wildman–Crippen LogP) is 3.06. The Kier molecular flexibility index (Phi) is 5.28. The van der Waals surface area contributed by atoms with E-state index in [1.807, 2.05) is 42.0 Å². The second-order valence-electron chi connectivity index (χ2n) is 5.64. The lowest BCUT2D eigenvalue weighted by atomic mass is 10.1. The molecule has 114 valence electrons. The van der Waals surface area contributed by atoms with Gasteiger partial charge in [-0.1, -0.05) is 26.0 Å². The van der Waals surface area contributed by atoms with Crippen molar-refractivity contribution in [2.24, 2.45) is 5.92 Å². The van der Waals surface area contributed by atoms with Crippen LogP contribution >= 0.6 is 11.8 Å². The Hall–Kier alpha value is -1.49. The van der Waals surface area contributed by atoms with Gasteiger partial charge in [0.05, 0.1) is 16.8 Å². The summed E-state index contributed by atoms with van der Waals surface area (Å²) in [6.45, 7) is 6.58. The summed E-state index contributed by atoms with van der Waals surface area (Å²) in [6, 6.07) is 8.15. The van der Waals surface area contributed by atoms with Crippen LogP contribution in [0.3, 0.4) is 0 Å². The number of nitrogens with one attached hydrogen (secondary N) is 1. The highest BCUT2D eigenvalue weighted by atomic mass is 32.2. The van der Waals surface area contributed by atoms with Gasteiger partial charge in [-0.15, -0.1) is 0 Å². The number of benzene rings is 1. The molecule has 0 spiro atoms. The van der Waals surface area contributed by atoms with E-state index in [2.05, 4.69) is 24.1 Å². The number of amides is 1. The number of fused-ring (bicyclic) bond motifs is 1. The molecule has 0 bridgehead atoms. The Morgan fingerprint density at radius 3 is 2.71 bits per heavy atom. The monoisotopic (exact) mass is 305 g/mol. The van der Waals surface area contributed by atoms with E-state index in [4.69, 9.17) is 0 Å². The molecule has 0 aliphatic rings. The molecule has 1 aromatic heterocycles. The fourth-order valence-corrected chi connectivity index (χ4v) is 2.63. The van der Waals surface area contributed by atoms with Gasteiger partial charge >= 0.3 is 0 Å². The predicted molar refractivity (Wildman–Crippen MR) is 89.4 cm³/mol. The zero-order valence-corrected chi connectivity index (χ0v) is 13.9. The van der Waals surface area contributed by atoms with Crippen LogP contribution in [-0.2, 0) is 17.1 Å². The minimum absolute atomic E-state index is 0.0432. The molecular formula is C16H23N3OS. The van der Waals surface area contributed by atoms with E-state index in [1.165, 1.54) is 0 Å². The van der Waals surface area contributed by atoms with Gasteiger partial charge in [0.2, 0.25) is 5.91 Å². The second-order valence-corrected chi connectivity index (χ2v) is 6.50. The molecular weight excluding hydrogens is 282 g/mol. The molecule has 2 aromatic rings. The number of para-hydroxylation sites is 2. The Labute approximate surface area is 130 Å². The fraction of sp³-hybridized carbons (Fsp3) is 0.500. The summed E-state index contributed by atoms with van der Waals surface area (Å²) in [6.07, 6.45) is 2.05. The van der Waals surface area contributed by atoms with Crippen molar-refractivity contribution >= 4 is 28.7 Å². The van der Waals surface area contributed by atoms with Crippen LogP contribution in [0.5, 0.6) is 0 Å². The van der Waals surface area contributed by atoms with Gasteiger partial charge in [0.15, 0.2) is 0 Å². The summed E-state index contributed by atoms with van der Waals surface area (Å²) in [4.78, 5) is 16.9. The summed E-state index contributed by atoms with van der Waals surface area (Å²) < 4.78 is 2.02. The average molecular weight is 305 g/mol. The second kappa shape index (κ2) is 6.98. The van der Waals surface area contributed by atoms with Crippen LogP contribution in [0.4, 0.5) is 0 Å². The van der Waals surface area contributed by atoms with Crippen LogP contribution < -0.4 is 5.32 Å². The number of nitrogens with zero attached hydrogens (tertiary/aromatic N) is 2. The first-order valence-electron chi connectivity index (χ1n) is 7.25. The topological polar surface area (TPSA) is 46.9 Å². The number of hydrogen-bond donors (Lipinski definition) is 1. The Bertz CT molecular complexity index is 621. The van der Waals surface area contributed by atoms with E-state index in [9.17, 15) is 4.79 Å². The van der Waals surface area contributed by atoms with Gasteiger partial charge in [0.25, 0.3) is 0 Å². The highest BCUT2D eigenvalue weighted by molar-refractivity contribution is 7.97. The average Bonchev–Trinajstić information content (AvgIpc) is 2.77. The number of imidazole rings is 1. The van der Waals surface area contributed by atoms with Crippen molar-refractivity contribution in [3.63, 3.8) is 0 Å². The maximum absolute atomic E-state index is 12.3. The molecule has 1 atom stereocenters. The largest absolute Gasteiger partial charge is 0.352 e. The van der Waals surface area contributed by atoms with Crippen LogP contribution in [0.15, 0.2) is 24.3 Å². The summed E-state index contributed by atoms with van der Waals surface area (Å²) in [7, 11) is 0. The lowest BCUT2D eigenvalue weighted by Crippen LogP contribution is -2.38. The third-order valence-electron chi connectivity index (χ3n) is 3.70. The third kappa shape index (κ3) is 3.79. The van der Waals surface area contributed by atoms with Crippen LogP contribution in [0.2, 0.25) is 0 Å². The number of rotatable bonds is 6. The molecule has 2 rings (SSSR count). The van der Waals surface area contributed by atoms with Gasteiger partial charge in [-0.25, -0.2) is 4.98 Å². The molecule has 0 fully saturated rings. The van der Waals surface area contributed by atoms with Crippen molar-refractivity contribution in [3.8, 4) is 0 Å². The number of carbonyl (C=O) groups excluding carboxylic acids is 1. The highest BCUT2D eigenvalue weighted by Gasteiger charge is 2.15. The van der Waals surface area contributed by atoms with Crippen LogP contribution in [0, 0.1) is 5.92 Å². The molecule has 1 unspecified atom stereocenters. The van der Waals surface area contributed by atoms with Gasteiger partial charge in [-0.3, -0.25) is 4.79 Å². The molecule has 1 amide bonds. The molecule has 0 saturated heterocycles. The first-order valence-corrected chi connectivity index (χ1v) is 8.64. The van der Waals surface area contributed by atoms with Crippen molar-refractivity contribution in [2.45, 2.75) is 39.1 Å². The molecule has 1 N–H and O–H groups in total. The van der Waals surface area contributed by atoms with Crippen LogP contribution in [-0.4, -0.2) is 27.8 Å². The number of thioether (sulfide) groups is 1. The summed E-state index contributed by atoms with van der Waals surface area (Å²) in [5.74, 6) is 2.23. The molecule has 1 heterocycles. The minimum Gasteiger partial charge on any atom is -0.352 e. The molecule has 0 aliphatic heterocycles. The Balaban J connectivity index is 2.23. The van der Waals surface area contributed by atoms with Crippen LogP contribution in [0.1, 0.15) is 26.6 Å². The van der Waals surface area contributed by atoms with E-state index in [-0.39, 0.29) is 11.9 Å². The van der Waals surface area contributed by atoms with Crippen LogP contribution in [0.25, 0.3) is 11.0 Å². The lowest BCUT2D eigenvalue weighted by molar-refractivity contribution is -0.122. The highest BCUT2D eigenvalue weighted by Crippen LogP contribution is 2.18. The summed E-state index contributed by atoms with van der Waals surface area (Å²) in [5.41, 5.74) is 1.97. The molecule has 5 heteroatoms. The molecule has 4 nitrogen and oxygen atoms in total. The maximum Gasteiger partial charge on any atom is 0.240 e. The quantitative estimate of drug-likeness (QED) is 0.892. The van der Waals surface area contributed by atoms with E-state index in [0.717, 1.165) is 22.6 Å². The van der Waals surface area contributed by atoms with Gasteiger partial charge in [0, 0.05) is 6.04 Å². The summed E-state index contributed by atoms with van der Waals surface area (Å²) in [5, 5.41) is 3.06. The molecule has 1 aromatic carbocycles. The van der Waals surface area contributed by atoms with Crippen molar-refractivity contribution in [3.05, 3.63) is 30.1 Å². The zero-order valence-electron chi connectivity index (χ0n) is 13.1. The van der Waals surface area contributed by atoms with Gasteiger partial charge in [0.1, 0.15) is 12.4 Å². The number of aromatic nitrogens is 2. The summed E-state index contributed by atoms with van der Waals surface area (Å²) >= 11 is 1.71. The smallest absolute Gasteiger partial charge is 0.240 e. The first-order chi connectivity index (χ1) is 10.0. The lowest BCUT2D eigenvalue weighted by Gasteiger charge is -2.18. The van der Waals surface area contributed by atoms with E-state index < -0.39 is 0 Å². The van der Waals surface area contributed by atoms with Gasteiger partial charge in [-0.2, -0.15) is 11.8 Å². The Morgan fingerprint density at radius 1 is 1.33 bits per heavy atom. The molecule has 21 heavy (non-hydrogen) atoms. The van der Waals surface area contributed by atoms with Crippen molar-refractivity contribution in [1.82, 2.24) is 14.9 Å². The first kappa shape index (κ1) is 15.9. The minimum atomic E-state index is 0.0432.